The first-order valence-corrected chi connectivity index (χ1v) is 5.83. The third-order valence-corrected chi connectivity index (χ3v) is 2.96. The minimum Gasteiger partial charge on any atom is -0.672 e. The van der Waals surface area contributed by atoms with Crippen LogP contribution in [0.15, 0.2) is 36.4 Å². The van der Waals surface area contributed by atoms with Crippen LogP contribution in [0.4, 0.5) is 17.6 Å². The molecule has 0 aliphatic heterocycles. The molecule has 0 unspecified atom stereocenters. The molecule has 0 spiro atoms. The molecule has 0 aromatic heterocycles. The Morgan fingerprint density at radius 2 is 1.04 bits per heavy atom. The average molecular weight is 507 g/mol. The number of hydrogen-bond donors (Lipinski definition) is 0. The van der Waals surface area contributed by atoms with E-state index in [-0.39, 0.29) is 44.1 Å². The fraction of sp³-hybridized carbons (Fsp3) is 0.125. The van der Waals surface area contributed by atoms with Gasteiger partial charge >= 0.3 is 20.1 Å². The molecule has 0 saturated heterocycles. The van der Waals surface area contributed by atoms with Crippen LogP contribution in [0, 0.1) is 37.6 Å². The van der Waals surface area contributed by atoms with E-state index in [4.69, 9.17) is 5.73 Å². The summed E-state index contributed by atoms with van der Waals surface area (Å²) >= 11 is 0. The van der Waals surface area contributed by atoms with E-state index < -0.39 is 35.2 Å². The van der Waals surface area contributed by atoms with Crippen molar-refractivity contribution in [2.75, 3.05) is 0 Å². The van der Waals surface area contributed by atoms with Gasteiger partial charge in [0.15, 0.2) is 0 Å². The van der Waals surface area contributed by atoms with Crippen LogP contribution >= 0.6 is 0 Å². The molecule has 0 fully saturated rings. The molecule has 0 amide bonds. The minimum absolute atomic E-state index is 0. The molecule has 23 heavy (non-hydrogen) atoms. The van der Waals surface area contributed by atoms with Crippen LogP contribution in [-0.2, 0) is 20.1 Å². The third kappa shape index (κ3) is 6.03. The average Bonchev–Trinajstić information content (AvgIpc) is 2.34. The zero-order chi connectivity index (χ0) is 14.9. The van der Waals surface area contributed by atoms with Crippen LogP contribution in [0.1, 0.15) is 23.1 Å². The number of halogens is 4. The Bertz CT molecular complexity index is 543. The number of benzene rings is 2. The maximum atomic E-state index is 13.1. The summed E-state index contributed by atoms with van der Waals surface area (Å²) in [6.07, 6.45) is 0. The summed E-state index contributed by atoms with van der Waals surface area (Å²) in [5, 5.41) is 0. The van der Waals surface area contributed by atoms with Gasteiger partial charge < -0.3 is 25.6 Å². The largest absolute Gasteiger partial charge is 3.00 e. The Morgan fingerprint density at radius 3 is 1.39 bits per heavy atom. The van der Waals surface area contributed by atoms with Gasteiger partial charge in [-0.25, -0.2) is 17.6 Å². The van der Waals surface area contributed by atoms with Gasteiger partial charge in [0.2, 0.25) is 0 Å². The van der Waals surface area contributed by atoms with Crippen LogP contribution in [0.5, 0.6) is 0 Å². The van der Waals surface area contributed by atoms with Crippen molar-refractivity contribution in [2.45, 2.75) is 12.0 Å². The van der Waals surface area contributed by atoms with Gasteiger partial charge in [0.05, 0.1) is 0 Å². The smallest absolute Gasteiger partial charge is 0.672 e. The first kappa shape index (κ1) is 24.0. The molecule has 3 N–H and O–H groups in total. The monoisotopic (exact) mass is 507 g/mol. The second-order valence-corrected chi connectivity index (χ2v) is 4.49. The Balaban J connectivity index is 0. The van der Waals surface area contributed by atoms with E-state index >= 15 is 0 Å². The molecule has 2 atom stereocenters. The summed E-state index contributed by atoms with van der Waals surface area (Å²) in [4.78, 5) is 0. The summed E-state index contributed by atoms with van der Waals surface area (Å²) in [6, 6.07) is 4.38. The van der Waals surface area contributed by atoms with Crippen LogP contribution in [-0.4, -0.2) is 5.48 Å². The van der Waals surface area contributed by atoms with Gasteiger partial charge in [-0.15, -0.1) is 6.04 Å². The molecule has 7 heteroatoms. The minimum atomic E-state index is -1.14. The Kier molecular flexibility index (Phi) is 10.2. The SMILES string of the molecule is O.[CH2-][C@@H](c1cc(F)cc(F)c1)[C@@H]([NH-])c1cc(F)cc(F)c1.[CH3-].[Ir+3]. The van der Waals surface area contributed by atoms with Crippen molar-refractivity contribution in [1.82, 2.24) is 0 Å². The molecule has 128 valence electrons. The standard InChI is InChI=1S/C15H11F4N.CH3.Ir.H2O/c1-8(9-2-11(16)6-12(17)3-9)15(20)10-4-13(18)7-14(19)5-10;;;/h2-8,15,20H,1H2;1H3;;1H2/q-2;-1;+3;/t8-,15+;;;/m0.../s1. The molecule has 2 aromatic rings. The predicted octanol–water partition coefficient (Wildman–Crippen LogP) is 4.58. The molecule has 0 heterocycles. The number of nitrogens with one attached hydrogen (secondary N) is 1. The molecule has 2 rings (SSSR count). The van der Waals surface area contributed by atoms with E-state index in [9.17, 15) is 17.6 Å². The molecule has 2 nitrogen and oxygen atoms in total. The van der Waals surface area contributed by atoms with Crippen LogP contribution in [0.25, 0.3) is 5.73 Å². The van der Waals surface area contributed by atoms with Gasteiger partial charge in [0.25, 0.3) is 0 Å². The van der Waals surface area contributed by atoms with Gasteiger partial charge in [-0.2, -0.15) is 5.92 Å². The first-order chi connectivity index (χ1) is 9.36. The van der Waals surface area contributed by atoms with Crippen LogP contribution in [0.3, 0.4) is 0 Å². The van der Waals surface area contributed by atoms with Crippen molar-refractivity contribution < 1.29 is 43.1 Å². The molecule has 0 bridgehead atoms. The summed E-state index contributed by atoms with van der Waals surface area (Å²) in [6.45, 7) is 3.66. The normalized spacial score (nSPS) is 12.3. The summed E-state index contributed by atoms with van der Waals surface area (Å²) < 4.78 is 52.5. The fourth-order valence-electron chi connectivity index (χ4n) is 1.97. The van der Waals surface area contributed by atoms with Crippen molar-refractivity contribution in [3.8, 4) is 0 Å². The van der Waals surface area contributed by atoms with Crippen LogP contribution in [0.2, 0.25) is 0 Å². The fourth-order valence-corrected chi connectivity index (χ4v) is 1.97. The van der Waals surface area contributed by atoms with Gasteiger partial charge in [-0.05, 0) is 24.3 Å². The molecule has 0 aliphatic carbocycles. The summed E-state index contributed by atoms with van der Waals surface area (Å²) in [5.74, 6) is -4.05. The van der Waals surface area contributed by atoms with E-state index in [1.165, 1.54) is 0 Å². The maximum absolute atomic E-state index is 13.1. The van der Waals surface area contributed by atoms with Gasteiger partial charge in [-0.1, -0.05) is 11.1 Å². The molecular weight excluding hydrogens is 490 g/mol. The topological polar surface area (TPSA) is 55.3 Å². The molecule has 0 aliphatic rings. The number of hydrogen-bond acceptors (Lipinski definition) is 0. The Hall–Kier alpha value is -1.27. The van der Waals surface area contributed by atoms with E-state index in [0.29, 0.717) is 12.1 Å². The van der Waals surface area contributed by atoms with Crippen molar-refractivity contribution >= 4 is 0 Å². The van der Waals surface area contributed by atoms with Crippen molar-refractivity contribution in [3.63, 3.8) is 0 Å². The zero-order valence-electron chi connectivity index (χ0n) is 12.2. The van der Waals surface area contributed by atoms with E-state index in [2.05, 4.69) is 6.92 Å². The number of rotatable bonds is 3. The quantitative estimate of drug-likeness (QED) is 0.433. The summed E-state index contributed by atoms with van der Waals surface area (Å²) in [5.41, 5.74) is 8.17. The Labute approximate surface area is 146 Å². The first-order valence-electron chi connectivity index (χ1n) is 5.83. The van der Waals surface area contributed by atoms with Gasteiger partial charge in [0.1, 0.15) is 23.3 Å². The van der Waals surface area contributed by atoms with Gasteiger partial charge in [-0.3, -0.25) is 0 Å². The van der Waals surface area contributed by atoms with Gasteiger partial charge in [0, 0.05) is 12.1 Å². The van der Waals surface area contributed by atoms with Crippen LogP contribution < -0.4 is 0 Å². The predicted molar refractivity (Wildman–Crippen MR) is 77.9 cm³/mol. The van der Waals surface area contributed by atoms with E-state index in [0.717, 1.165) is 24.3 Å². The van der Waals surface area contributed by atoms with Crippen molar-refractivity contribution in [1.29, 1.82) is 0 Å². The third-order valence-electron chi connectivity index (χ3n) is 2.96. The van der Waals surface area contributed by atoms with Crippen molar-refractivity contribution in [3.05, 3.63) is 90.9 Å². The molecule has 0 radical (unpaired) electrons. The molecule has 2 aromatic carbocycles. The molecule has 0 saturated carbocycles. The summed E-state index contributed by atoms with van der Waals surface area (Å²) in [7, 11) is 0. The van der Waals surface area contributed by atoms with E-state index in [1.54, 1.807) is 0 Å². The second-order valence-electron chi connectivity index (χ2n) is 4.49. The van der Waals surface area contributed by atoms with E-state index in [1.807, 2.05) is 0 Å². The molecular formula is C16H16F4IrNO. The maximum Gasteiger partial charge on any atom is 3.00 e. The Morgan fingerprint density at radius 1 is 0.739 bits per heavy atom. The zero-order valence-corrected chi connectivity index (χ0v) is 14.6. The van der Waals surface area contributed by atoms with Crippen molar-refractivity contribution in [2.24, 2.45) is 0 Å². The second kappa shape index (κ2) is 9.78.